The second-order valence-electron chi connectivity index (χ2n) is 2.23. The Morgan fingerprint density at radius 3 is 1.12 bits per heavy atom. The van der Waals surface area contributed by atoms with E-state index in [0.717, 1.165) is 0 Å². The van der Waals surface area contributed by atoms with E-state index < -0.39 is 0 Å². The summed E-state index contributed by atoms with van der Waals surface area (Å²) in [6.45, 7) is 8.17. The van der Waals surface area contributed by atoms with Gasteiger partial charge in [-0.3, -0.25) is 0 Å². The van der Waals surface area contributed by atoms with E-state index in [2.05, 4.69) is 0 Å². The van der Waals surface area contributed by atoms with Gasteiger partial charge in [-0.25, -0.2) is 0 Å². The van der Waals surface area contributed by atoms with Gasteiger partial charge in [0.2, 0.25) is 0 Å². The van der Waals surface area contributed by atoms with Crippen LogP contribution in [0.5, 0.6) is 0 Å². The van der Waals surface area contributed by atoms with Gasteiger partial charge in [0.15, 0.2) is 0 Å². The molecule has 0 aromatic rings. The maximum absolute atomic E-state index is 5.25. The van der Waals surface area contributed by atoms with E-state index in [0.29, 0.717) is 12.2 Å². The molecule has 0 aliphatic heterocycles. The third kappa shape index (κ3) is 10.3. The Balaban J connectivity index is 0. The van der Waals surface area contributed by atoms with Gasteiger partial charge in [-0.2, -0.15) is 0 Å². The van der Waals surface area contributed by atoms with E-state index in [1.54, 1.807) is 0 Å². The summed E-state index contributed by atoms with van der Waals surface area (Å²) in [7, 11) is 0. The van der Waals surface area contributed by atoms with Crippen LogP contribution in [0.2, 0.25) is 0 Å². The van der Waals surface area contributed by atoms with Gasteiger partial charge in [-0.05, 0) is 27.7 Å². The molecule has 0 aromatic heterocycles. The summed E-state index contributed by atoms with van der Waals surface area (Å²) in [6, 6.07) is 0. The maximum atomic E-state index is 5.25. The minimum Gasteiger partial charge on any atom is -0.376 e. The topological polar surface area (TPSA) is 9.23 Å². The Morgan fingerprint density at radius 2 is 1.12 bits per heavy atom. The van der Waals surface area contributed by atoms with Crippen molar-refractivity contribution >= 4 is 0 Å². The molecule has 0 bridgehead atoms. The second-order valence-corrected chi connectivity index (χ2v) is 2.23. The first-order chi connectivity index (χ1) is 3.13. The van der Waals surface area contributed by atoms with Gasteiger partial charge in [-0.15, -0.1) is 0 Å². The minimum atomic E-state index is 0. The first kappa shape index (κ1) is 12.1. The van der Waals surface area contributed by atoms with Crippen molar-refractivity contribution in [2.24, 2.45) is 0 Å². The van der Waals surface area contributed by atoms with Crippen molar-refractivity contribution in [3.8, 4) is 0 Å². The summed E-state index contributed by atoms with van der Waals surface area (Å²) in [6.07, 6.45) is 0.750. The molecule has 8 heavy (non-hydrogen) atoms. The molecule has 0 amide bonds. The smallest absolute Gasteiger partial charge is 0.0522 e. The Bertz CT molecular complexity index is 37.8. The molecule has 2 heteroatoms. The van der Waals surface area contributed by atoms with Crippen LogP contribution in [0.4, 0.5) is 0 Å². The van der Waals surface area contributed by atoms with E-state index in [1.165, 1.54) is 0 Å². The monoisotopic (exact) mass is 242 g/mol. The molecule has 0 atom stereocenters. The third-order valence-corrected chi connectivity index (χ3v) is 0.544. The normalized spacial score (nSPS) is 9.75. The van der Waals surface area contributed by atoms with Crippen LogP contribution in [-0.4, -0.2) is 12.2 Å². The Hall–Kier alpha value is 1.34. The minimum absolute atomic E-state index is 0. The molecule has 0 N–H and O–H groups in total. The van der Waals surface area contributed by atoms with Crippen LogP contribution < -0.4 is 0 Å². The van der Waals surface area contributed by atoms with Crippen molar-refractivity contribution in [2.75, 3.05) is 0 Å². The predicted octanol–water partition coefficient (Wildman–Crippen LogP) is 1.82. The van der Waals surface area contributed by atoms with E-state index in [-0.39, 0.29) is 41.7 Å². The Morgan fingerprint density at radius 1 is 0.875 bits per heavy atom. The first-order valence-electron chi connectivity index (χ1n) is 2.78. The fourth-order valence-electron chi connectivity index (χ4n) is 0.544. The van der Waals surface area contributed by atoms with E-state index >= 15 is 0 Å². The summed E-state index contributed by atoms with van der Waals surface area (Å²) in [4.78, 5) is 0. The van der Waals surface area contributed by atoms with Crippen LogP contribution in [0.3, 0.4) is 0 Å². The van der Waals surface area contributed by atoms with Crippen LogP contribution in [-0.2, 0) is 4.74 Å². The largest absolute Gasteiger partial charge is 0.376 e. The summed E-state index contributed by atoms with van der Waals surface area (Å²) < 4.78 is 5.25. The van der Waals surface area contributed by atoms with Crippen molar-refractivity contribution in [3.63, 3.8) is 0 Å². The average molecular weight is 242 g/mol. The molecular formula is C6H14CeO. The zero-order valence-electron chi connectivity index (χ0n) is 6.06. The quantitative estimate of drug-likeness (QED) is 0.717. The van der Waals surface area contributed by atoms with Gasteiger partial charge in [-0.1, -0.05) is 0 Å². The summed E-state index contributed by atoms with van der Waals surface area (Å²) in [5.41, 5.74) is 0. The molecule has 0 spiro atoms. The number of hydrogen-bond donors (Lipinski definition) is 0. The average Bonchev–Trinajstić information content (AvgIpc) is 1.27. The summed E-state index contributed by atoms with van der Waals surface area (Å²) in [5, 5.41) is 0. The molecule has 0 aliphatic carbocycles. The van der Waals surface area contributed by atoms with Gasteiger partial charge in [0.05, 0.1) is 12.2 Å². The molecule has 0 aromatic carbocycles. The van der Waals surface area contributed by atoms with Crippen LogP contribution >= 0.6 is 0 Å². The van der Waals surface area contributed by atoms with Crippen LogP contribution in [0.25, 0.3) is 0 Å². The van der Waals surface area contributed by atoms with Crippen LogP contribution in [0.15, 0.2) is 0 Å². The van der Waals surface area contributed by atoms with Crippen LogP contribution in [0, 0.1) is 41.7 Å². The van der Waals surface area contributed by atoms with Crippen molar-refractivity contribution in [3.05, 3.63) is 0 Å². The zero-order chi connectivity index (χ0) is 5.86. The van der Waals surface area contributed by atoms with Crippen molar-refractivity contribution in [2.45, 2.75) is 39.9 Å². The molecule has 1 nitrogen and oxygen atoms in total. The van der Waals surface area contributed by atoms with Crippen molar-refractivity contribution in [1.82, 2.24) is 0 Å². The molecule has 48 valence electrons. The molecular weight excluding hydrogens is 228 g/mol. The molecule has 0 radical (unpaired) electrons. The van der Waals surface area contributed by atoms with Gasteiger partial charge in [0.1, 0.15) is 0 Å². The summed E-state index contributed by atoms with van der Waals surface area (Å²) >= 11 is 0. The van der Waals surface area contributed by atoms with E-state index in [1.807, 2.05) is 27.7 Å². The molecule has 0 aliphatic rings. The number of hydrogen-bond acceptors (Lipinski definition) is 1. The standard InChI is InChI=1S/C6H14O.Ce/c1-5(2)7-6(3)4;/h5-6H,1-4H3;. The zero-order valence-corrected chi connectivity index (χ0v) is 9.20. The van der Waals surface area contributed by atoms with Gasteiger partial charge in [0, 0.05) is 41.7 Å². The predicted molar refractivity (Wildman–Crippen MR) is 31.4 cm³/mol. The van der Waals surface area contributed by atoms with Gasteiger partial charge >= 0.3 is 0 Å². The number of rotatable bonds is 2. The summed E-state index contributed by atoms with van der Waals surface area (Å²) in [5.74, 6) is 0. The van der Waals surface area contributed by atoms with Crippen molar-refractivity contribution in [1.29, 1.82) is 0 Å². The van der Waals surface area contributed by atoms with Gasteiger partial charge < -0.3 is 4.74 Å². The second kappa shape index (κ2) is 6.46. The SMILES string of the molecule is CC(C)OC(C)C.[Ce]. The molecule has 0 fully saturated rings. The molecule has 0 saturated heterocycles. The van der Waals surface area contributed by atoms with E-state index in [9.17, 15) is 0 Å². The fraction of sp³-hybridized carbons (Fsp3) is 1.00. The third-order valence-electron chi connectivity index (χ3n) is 0.544. The van der Waals surface area contributed by atoms with Gasteiger partial charge in [0.25, 0.3) is 0 Å². The van der Waals surface area contributed by atoms with Crippen LogP contribution in [0.1, 0.15) is 27.7 Å². The molecule has 0 heterocycles. The fourth-order valence-corrected chi connectivity index (χ4v) is 0.544. The molecule has 0 unspecified atom stereocenters. The maximum Gasteiger partial charge on any atom is 0.0522 e. The van der Waals surface area contributed by atoms with E-state index in [4.69, 9.17) is 4.74 Å². The number of ether oxygens (including phenoxy) is 1. The van der Waals surface area contributed by atoms with Crippen molar-refractivity contribution < 1.29 is 46.5 Å². The molecule has 0 rings (SSSR count). The molecule has 0 saturated carbocycles. The Labute approximate surface area is 85.6 Å². The first-order valence-corrected chi connectivity index (χ1v) is 2.78. The Kier molecular flexibility index (Phi) is 9.73.